The van der Waals surface area contributed by atoms with E-state index < -0.39 is 0 Å². The molecule has 2 saturated carbocycles. The standard InChI is InChI=1S/C17H30N2/c1-4-17(2,3)14-8-10-15(11-9-14)19-16-7-5-6-13(16)12-18/h13-16,19H,4-11H2,1-3H3. The Hall–Kier alpha value is -0.550. The van der Waals surface area contributed by atoms with Crippen molar-refractivity contribution < 1.29 is 0 Å². The van der Waals surface area contributed by atoms with Gasteiger partial charge >= 0.3 is 0 Å². The van der Waals surface area contributed by atoms with Crippen molar-refractivity contribution in [3.05, 3.63) is 0 Å². The topological polar surface area (TPSA) is 35.8 Å². The van der Waals surface area contributed by atoms with Crippen molar-refractivity contribution in [1.29, 1.82) is 5.26 Å². The van der Waals surface area contributed by atoms with Crippen molar-refractivity contribution >= 4 is 0 Å². The summed E-state index contributed by atoms with van der Waals surface area (Å²) in [4.78, 5) is 0. The van der Waals surface area contributed by atoms with Gasteiger partial charge in [-0.1, -0.05) is 33.6 Å². The lowest BCUT2D eigenvalue weighted by molar-refractivity contribution is 0.133. The predicted molar refractivity (Wildman–Crippen MR) is 79.7 cm³/mol. The number of hydrogen-bond acceptors (Lipinski definition) is 2. The Balaban J connectivity index is 1.79. The van der Waals surface area contributed by atoms with E-state index >= 15 is 0 Å². The average Bonchev–Trinajstić information content (AvgIpc) is 2.86. The maximum atomic E-state index is 9.16. The van der Waals surface area contributed by atoms with Gasteiger partial charge in [0.05, 0.1) is 12.0 Å². The van der Waals surface area contributed by atoms with E-state index in [9.17, 15) is 0 Å². The van der Waals surface area contributed by atoms with E-state index in [4.69, 9.17) is 5.26 Å². The average molecular weight is 262 g/mol. The van der Waals surface area contributed by atoms with E-state index in [1.54, 1.807) is 0 Å². The third-order valence-corrected chi connectivity index (χ3v) is 5.88. The molecular weight excluding hydrogens is 232 g/mol. The number of rotatable bonds is 4. The highest BCUT2D eigenvalue weighted by molar-refractivity contribution is 4.98. The van der Waals surface area contributed by atoms with Gasteiger partial charge in [-0.05, 0) is 49.9 Å². The van der Waals surface area contributed by atoms with Crippen LogP contribution in [0.2, 0.25) is 0 Å². The summed E-state index contributed by atoms with van der Waals surface area (Å²) in [6.45, 7) is 7.17. The van der Waals surface area contributed by atoms with Crippen LogP contribution in [0.5, 0.6) is 0 Å². The van der Waals surface area contributed by atoms with Crippen LogP contribution in [0.25, 0.3) is 0 Å². The van der Waals surface area contributed by atoms with E-state index in [-0.39, 0.29) is 5.92 Å². The fourth-order valence-electron chi connectivity index (χ4n) is 3.95. The molecule has 1 N–H and O–H groups in total. The molecule has 2 atom stereocenters. The smallest absolute Gasteiger partial charge is 0.0672 e. The maximum Gasteiger partial charge on any atom is 0.0672 e. The quantitative estimate of drug-likeness (QED) is 0.821. The zero-order valence-corrected chi connectivity index (χ0v) is 12.9. The van der Waals surface area contributed by atoms with Gasteiger partial charge in [-0.25, -0.2) is 0 Å². The summed E-state index contributed by atoms with van der Waals surface area (Å²) in [5, 5.41) is 12.9. The molecule has 2 nitrogen and oxygen atoms in total. The van der Waals surface area contributed by atoms with Crippen molar-refractivity contribution in [3.63, 3.8) is 0 Å². The molecule has 2 heteroatoms. The van der Waals surface area contributed by atoms with E-state index in [0.717, 1.165) is 12.3 Å². The maximum absolute atomic E-state index is 9.16. The third kappa shape index (κ3) is 3.51. The lowest BCUT2D eigenvalue weighted by Gasteiger charge is -2.40. The Kier molecular flexibility index (Phi) is 4.90. The van der Waals surface area contributed by atoms with Crippen LogP contribution in [0.1, 0.15) is 72.1 Å². The minimum Gasteiger partial charge on any atom is -0.310 e. The van der Waals surface area contributed by atoms with Gasteiger partial charge in [-0.3, -0.25) is 0 Å². The van der Waals surface area contributed by atoms with Crippen LogP contribution in [-0.4, -0.2) is 12.1 Å². The van der Waals surface area contributed by atoms with Crippen molar-refractivity contribution in [2.75, 3.05) is 0 Å². The van der Waals surface area contributed by atoms with E-state index in [1.807, 2.05) is 0 Å². The van der Waals surface area contributed by atoms with Gasteiger partial charge in [0.2, 0.25) is 0 Å². The molecular formula is C17H30N2. The highest BCUT2D eigenvalue weighted by Gasteiger charge is 2.34. The first-order chi connectivity index (χ1) is 9.06. The molecule has 0 aromatic heterocycles. The van der Waals surface area contributed by atoms with Crippen molar-refractivity contribution in [2.24, 2.45) is 17.3 Å². The second kappa shape index (κ2) is 6.27. The minimum absolute atomic E-state index is 0.268. The Bertz CT molecular complexity index is 321. The highest BCUT2D eigenvalue weighted by Crippen LogP contribution is 2.40. The van der Waals surface area contributed by atoms with E-state index in [1.165, 1.54) is 44.9 Å². The number of nitrogens with zero attached hydrogens (tertiary/aromatic N) is 1. The molecule has 2 aliphatic carbocycles. The first-order valence-electron chi connectivity index (χ1n) is 8.22. The summed E-state index contributed by atoms with van der Waals surface area (Å²) in [6, 6.07) is 3.63. The van der Waals surface area contributed by atoms with Crippen LogP contribution in [0.3, 0.4) is 0 Å². The molecule has 0 amide bonds. The molecule has 0 spiro atoms. The summed E-state index contributed by atoms with van der Waals surface area (Å²) < 4.78 is 0. The van der Waals surface area contributed by atoms with Gasteiger partial charge in [0.15, 0.2) is 0 Å². The molecule has 0 heterocycles. The molecule has 2 fully saturated rings. The summed E-state index contributed by atoms with van der Waals surface area (Å²) >= 11 is 0. The van der Waals surface area contributed by atoms with Crippen molar-refractivity contribution in [1.82, 2.24) is 5.32 Å². The second-order valence-corrected chi connectivity index (χ2v) is 7.33. The van der Waals surface area contributed by atoms with E-state index in [0.29, 0.717) is 17.5 Å². The molecule has 0 aromatic carbocycles. The SMILES string of the molecule is CCC(C)(C)C1CCC(NC2CCCC2C#N)CC1. The molecule has 108 valence electrons. The number of hydrogen-bond donors (Lipinski definition) is 1. The zero-order chi connectivity index (χ0) is 13.9. The van der Waals surface area contributed by atoms with Gasteiger partial charge in [-0.2, -0.15) is 5.26 Å². The lowest BCUT2D eigenvalue weighted by Crippen LogP contribution is -2.43. The largest absolute Gasteiger partial charge is 0.310 e. The molecule has 0 saturated heterocycles. The van der Waals surface area contributed by atoms with Gasteiger partial charge in [-0.15, -0.1) is 0 Å². The zero-order valence-electron chi connectivity index (χ0n) is 12.9. The van der Waals surface area contributed by atoms with Crippen LogP contribution in [-0.2, 0) is 0 Å². The minimum atomic E-state index is 0.268. The summed E-state index contributed by atoms with van der Waals surface area (Å²) in [7, 11) is 0. The van der Waals surface area contributed by atoms with Crippen LogP contribution in [0.15, 0.2) is 0 Å². The molecule has 0 bridgehead atoms. The molecule has 0 aromatic rings. The van der Waals surface area contributed by atoms with Gasteiger partial charge in [0.1, 0.15) is 0 Å². The molecule has 0 aliphatic heterocycles. The molecule has 2 aliphatic rings. The van der Waals surface area contributed by atoms with Gasteiger partial charge in [0, 0.05) is 12.1 Å². The van der Waals surface area contributed by atoms with Crippen molar-refractivity contribution in [3.8, 4) is 6.07 Å². The molecule has 2 unspecified atom stereocenters. The third-order valence-electron chi connectivity index (χ3n) is 5.88. The van der Waals surface area contributed by atoms with Crippen LogP contribution >= 0.6 is 0 Å². The van der Waals surface area contributed by atoms with Crippen molar-refractivity contribution in [2.45, 2.75) is 84.2 Å². The lowest BCUT2D eigenvalue weighted by atomic mass is 9.69. The summed E-state index contributed by atoms with van der Waals surface area (Å²) in [6.07, 6.45) is 10.2. The molecule has 19 heavy (non-hydrogen) atoms. The second-order valence-electron chi connectivity index (χ2n) is 7.33. The first kappa shape index (κ1) is 14.9. The Morgan fingerprint density at radius 1 is 1.11 bits per heavy atom. The Morgan fingerprint density at radius 3 is 2.37 bits per heavy atom. The highest BCUT2D eigenvalue weighted by atomic mass is 15.0. The molecule has 2 rings (SSSR count). The van der Waals surface area contributed by atoms with Crippen LogP contribution < -0.4 is 5.32 Å². The Labute approximate surface area is 119 Å². The first-order valence-corrected chi connectivity index (χ1v) is 8.22. The van der Waals surface area contributed by atoms with E-state index in [2.05, 4.69) is 32.2 Å². The fraction of sp³-hybridized carbons (Fsp3) is 0.941. The fourth-order valence-corrected chi connectivity index (χ4v) is 3.95. The van der Waals surface area contributed by atoms with Crippen LogP contribution in [0, 0.1) is 28.6 Å². The Morgan fingerprint density at radius 2 is 1.79 bits per heavy atom. The normalized spacial score (nSPS) is 36.1. The predicted octanol–water partition coefficient (Wildman–Crippen LogP) is 4.26. The van der Waals surface area contributed by atoms with Crippen LogP contribution in [0.4, 0.5) is 0 Å². The summed E-state index contributed by atoms with van der Waals surface area (Å²) in [5.41, 5.74) is 0.507. The molecule has 0 radical (unpaired) electrons. The number of nitriles is 1. The van der Waals surface area contributed by atoms with Gasteiger partial charge in [0.25, 0.3) is 0 Å². The monoisotopic (exact) mass is 262 g/mol. The summed E-state index contributed by atoms with van der Waals surface area (Å²) in [5.74, 6) is 1.16. The number of nitrogens with one attached hydrogen (secondary N) is 1. The van der Waals surface area contributed by atoms with Gasteiger partial charge < -0.3 is 5.32 Å².